The lowest BCUT2D eigenvalue weighted by atomic mass is 9.99. The topological polar surface area (TPSA) is 80.7 Å². The molecule has 90 valence electrons. The van der Waals surface area contributed by atoms with E-state index in [0.717, 1.165) is 6.42 Å². The third-order valence-corrected chi connectivity index (χ3v) is 2.43. The van der Waals surface area contributed by atoms with Crippen molar-refractivity contribution in [1.82, 2.24) is 0 Å². The number of hydrogen-bond acceptors (Lipinski definition) is 5. The fourth-order valence-electron chi connectivity index (χ4n) is 1.60. The van der Waals surface area contributed by atoms with E-state index in [1.54, 1.807) is 6.07 Å². The third kappa shape index (κ3) is 3.16. The molecule has 0 saturated carbocycles. The third-order valence-electron chi connectivity index (χ3n) is 2.43. The van der Waals surface area contributed by atoms with Gasteiger partial charge < -0.3 is 9.84 Å². The van der Waals surface area contributed by atoms with Crippen LogP contribution in [0.25, 0.3) is 0 Å². The predicted octanol–water partition coefficient (Wildman–Crippen LogP) is 1.55. The summed E-state index contributed by atoms with van der Waals surface area (Å²) in [7, 11) is 0. The van der Waals surface area contributed by atoms with E-state index < -0.39 is 0 Å². The minimum absolute atomic E-state index is 0.0446. The summed E-state index contributed by atoms with van der Waals surface area (Å²) in [5.74, 6) is 0.736. The molecule has 17 heavy (non-hydrogen) atoms. The monoisotopic (exact) mass is 236 g/mol. The largest absolute Gasteiger partial charge is 0.508 e. The highest BCUT2D eigenvalue weighted by atomic mass is 16.5. The molecule has 1 N–H and O–H groups in total. The van der Waals surface area contributed by atoms with E-state index in [1.807, 2.05) is 6.92 Å². The molecule has 1 aliphatic rings. The molecular weight excluding hydrogens is 224 g/mol. The molecule has 5 heteroatoms. The molecule has 5 nitrogen and oxygen atoms in total. The van der Waals surface area contributed by atoms with Gasteiger partial charge in [-0.25, -0.2) is 0 Å². The average Bonchev–Trinajstić information content (AvgIpc) is 2.29. The molecule has 0 amide bonds. The van der Waals surface area contributed by atoms with Gasteiger partial charge in [0.1, 0.15) is 17.6 Å². The summed E-state index contributed by atoms with van der Waals surface area (Å²) in [6.07, 6.45) is 1.45. The average molecular weight is 236 g/mol. The highest BCUT2D eigenvalue weighted by Crippen LogP contribution is 2.31. The smallest absolute Gasteiger partial charge is 0.373 e. The van der Waals surface area contributed by atoms with Gasteiger partial charge in [-0.3, -0.25) is 4.79 Å². The van der Waals surface area contributed by atoms with Gasteiger partial charge in [0.05, 0.1) is 5.56 Å². The number of hydrogen-bond donors (Lipinski definition) is 1. The predicted molar refractivity (Wildman–Crippen MR) is 56.8 cm³/mol. The molecule has 1 atom stereocenters. The van der Waals surface area contributed by atoms with Gasteiger partial charge in [0.15, 0.2) is 5.78 Å². The second-order valence-electron chi connectivity index (χ2n) is 3.54. The summed E-state index contributed by atoms with van der Waals surface area (Å²) in [5, 5.41) is 9.24. The first-order chi connectivity index (χ1) is 8.12. The van der Waals surface area contributed by atoms with E-state index in [4.69, 9.17) is 14.3 Å². The van der Waals surface area contributed by atoms with Crippen molar-refractivity contribution in [1.29, 1.82) is 0 Å². The number of Topliss-reactive ketones (excluding diaryl/α,β-unsaturated/α-hetero) is 1. The maximum atomic E-state index is 11.6. The second kappa shape index (κ2) is 5.82. The Morgan fingerprint density at radius 2 is 2.12 bits per heavy atom. The number of ketones is 1. The fraction of sp³-hybridized carbons (Fsp3) is 0.333. The first-order valence-electron chi connectivity index (χ1n) is 5.14. The Bertz CT molecular complexity index is 446. The van der Waals surface area contributed by atoms with Crippen molar-refractivity contribution >= 4 is 11.9 Å². The van der Waals surface area contributed by atoms with Crippen molar-refractivity contribution in [3.05, 3.63) is 23.8 Å². The quantitative estimate of drug-likeness (QED) is 0.800. The van der Waals surface area contributed by atoms with Gasteiger partial charge in [0.25, 0.3) is 0 Å². The molecular formula is C12H12O5. The van der Waals surface area contributed by atoms with Crippen LogP contribution in [-0.2, 0) is 9.59 Å². The Morgan fingerprint density at radius 1 is 1.47 bits per heavy atom. The summed E-state index contributed by atoms with van der Waals surface area (Å²) in [6, 6.07) is 4.61. The van der Waals surface area contributed by atoms with Crippen LogP contribution in [0.2, 0.25) is 0 Å². The minimum atomic E-state index is -0.0446. The number of carbonyl (C=O) groups is 1. The van der Waals surface area contributed by atoms with Gasteiger partial charge >= 0.3 is 6.15 Å². The molecule has 0 fully saturated rings. The molecule has 1 aliphatic heterocycles. The Kier molecular flexibility index (Phi) is 4.43. The number of phenolic OH excluding ortho intramolecular Hbond substituents is 1. The molecule has 1 unspecified atom stereocenters. The first kappa shape index (κ1) is 12.9. The summed E-state index contributed by atoms with van der Waals surface area (Å²) in [4.78, 5) is 27.9. The lowest BCUT2D eigenvalue weighted by molar-refractivity contribution is -0.191. The van der Waals surface area contributed by atoms with Crippen molar-refractivity contribution in [3.63, 3.8) is 0 Å². The molecule has 2 rings (SSSR count). The van der Waals surface area contributed by atoms with Gasteiger partial charge in [-0.2, -0.15) is 9.59 Å². The van der Waals surface area contributed by atoms with Gasteiger partial charge in [-0.1, -0.05) is 6.92 Å². The van der Waals surface area contributed by atoms with Crippen molar-refractivity contribution in [2.75, 3.05) is 0 Å². The highest BCUT2D eigenvalue weighted by Gasteiger charge is 2.25. The lowest BCUT2D eigenvalue weighted by Gasteiger charge is -2.24. The van der Waals surface area contributed by atoms with Crippen LogP contribution in [0.3, 0.4) is 0 Å². The number of carbonyl (C=O) groups excluding carboxylic acids is 3. The van der Waals surface area contributed by atoms with Crippen LogP contribution in [0.4, 0.5) is 0 Å². The molecule has 0 aromatic heterocycles. The first-order valence-corrected chi connectivity index (χ1v) is 5.14. The number of aromatic hydroxyl groups is 1. The van der Waals surface area contributed by atoms with Gasteiger partial charge in [0.2, 0.25) is 0 Å². The fourth-order valence-corrected chi connectivity index (χ4v) is 1.60. The standard InChI is InChI=1S/C11H12O3.CO2/c1-2-8-6-10(13)9-4-3-7(12)5-11(9)14-8;2-1-3/h3-5,8,12H,2,6H2,1H3;. The normalized spacial score (nSPS) is 17.0. The molecule has 0 spiro atoms. The van der Waals surface area contributed by atoms with Crippen LogP contribution in [-0.4, -0.2) is 23.1 Å². The molecule has 1 heterocycles. The van der Waals surface area contributed by atoms with Crippen molar-refractivity contribution in [3.8, 4) is 11.5 Å². The zero-order chi connectivity index (χ0) is 12.8. The van der Waals surface area contributed by atoms with Crippen LogP contribution in [0.1, 0.15) is 30.1 Å². The molecule has 1 aromatic rings. The van der Waals surface area contributed by atoms with E-state index in [1.165, 1.54) is 12.1 Å². The minimum Gasteiger partial charge on any atom is -0.508 e. The zero-order valence-electron chi connectivity index (χ0n) is 9.30. The Hall–Kier alpha value is -2.13. The van der Waals surface area contributed by atoms with E-state index in [-0.39, 0.29) is 23.8 Å². The summed E-state index contributed by atoms with van der Waals surface area (Å²) in [6.45, 7) is 1.98. The molecule has 0 bridgehead atoms. The van der Waals surface area contributed by atoms with Crippen LogP contribution in [0.5, 0.6) is 11.5 Å². The zero-order valence-corrected chi connectivity index (χ0v) is 9.30. The highest BCUT2D eigenvalue weighted by molar-refractivity contribution is 6.00. The van der Waals surface area contributed by atoms with Crippen LogP contribution in [0.15, 0.2) is 18.2 Å². The van der Waals surface area contributed by atoms with Gasteiger partial charge in [-0.05, 0) is 18.6 Å². The number of benzene rings is 1. The number of rotatable bonds is 1. The van der Waals surface area contributed by atoms with Gasteiger partial charge in [-0.15, -0.1) is 0 Å². The molecule has 1 aromatic carbocycles. The maximum Gasteiger partial charge on any atom is 0.373 e. The lowest BCUT2D eigenvalue weighted by Crippen LogP contribution is -2.25. The summed E-state index contributed by atoms with van der Waals surface area (Å²) < 4.78 is 5.55. The maximum absolute atomic E-state index is 11.6. The van der Waals surface area contributed by atoms with E-state index in [9.17, 15) is 9.90 Å². The summed E-state index contributed by atoms with van der Waals surface area (Å²) in [5.41, 5.74) is 0.576. The molecule has 0 saturated heterocycles. The van der Waals surface area contributed by atoms with Crippen LogP contribution < -0.4 is 4.74 Å². The van der Waals surface area contributed by atoms with E-state index in [0.29, 0.717) is 17.7 Å². The van der Waals surface area contributed by atoms with Crippen molar-refractivity contribution in [2.45, 2.75) is 25.9 Å². The number of ether oxygens (including phenoxy) is 1. The van der Waals surface area contributed by atoms with Crippen LogP contribution in [0, 0.1) is 0 Å². The molecule has 0 radical (unpaired) electrons. The number of phenols is 1. The molecule has 0 aliphatic carbocycles. The Morgan fingerprint density at radius 3 is 2.71 bits per heavy atom. The van der Waals surface area contributed by atoms with Crippen molar-refractivity contribution < 1.29 is 24.2 Å². The van der Waals surface area contributed by atoms with E-state index >= 15 is 0 Å². The van der Waals surface area contributed by atoms with Gasteiger partial charge in [0, 0.05) is 12.5 Å². The van der Waals surface area contributed by atoms with Crippen molar-refractivity contribution in [2.24, 2.45) is 0 Å². The number of fused-ring (bicyclic) bond motifs is 1. The second-order valence-corrected chi connectivity index (χ2v) is 3.54. The Balaban J connectivity index is 0.000000437. The van der Waals surface area contributed by atoms with E-state index in [2.05, 4.69) is 0 Å². The SMILES string of the molecule is CCC1CC(=O)c2ccc(O)cc2O1.O=C=O. The van der Waals surface area contributed by atoms with Crippen LogP contribution >= 0.6 is 0 Å². The Labute approximate surface area is 98.0 Å². The summed E-state index contributed by atoms with van der Waals surface area (Å²) >= 11 is 0.